The van der Waals surface area contributed by atoms with Gasteiger partial charge in [-0.25, -0.2) is 4.79 Å². The van der Waals surface area contributed by atoms with Crippen molar-refractivity contribution in [1.82, 2.24) is 5.32 Å². The van der Waals surface area contributed by atoms with E-state index in [0.29, 0.717) is 6.42 Å². The number of fused-ring (bicyclic) bond motifs is 1. The van der Waals surface area contributed by atoms with Gasteiger partial charge >= 0.3 is 6.09 Å². The SMILES string of the molecule is O=C1N[C@@H]2CC(CO)[C@@H](O)[C@@H]2O1. The number of hydrogen-bond donors (Lipinski definition) is 3. The molecule has 0 aromatic carbocycles. The summed E-state index contributed by atoms with van der Waals surface area (Å²) in [4.78, 5) is 10.7. The number of amides is 1. The van der Waals surface area contributed by atoms with Crippen LogP contribution in [0.25, 0.3) is 0 Å². The van der Waals surface area contributed by atoms with E-state index in [1.165, 1.54) is 0 Å². The van der Waals surface area contributed by atoms with E-state index in [1.54, 1.807) is 0 Å². The highest BCUT2D eigenvalue weighted by Gasteiger charge is 2.49. The van der Waals surface area contributed by atoms with Gasteiger partial charge in [0, 0.05) is 12.5 Å². The van der Waals surface area contributed by atoms with Crippen LogP contribution in [0.4, 0.5) is 4.79 Å². The van der Waals surface area contributed by atoms with Gasteiger partial charge in [-0.15, -0.1) is 0 Å². The monoisotopic (exact) mass is 173 g/mol. The summed E-state index contributed by atoms with van der Waals surface area (Å²) in [5.74, 6) is -0.166. The Morgan fingerprint density at radius 2 is 2.42 bits per heavy atom. The van der Waals surface area contributed by atoms with Crippen LogP contribution in [0.2, 0.25) is 0 Å². The number of hydrogen-bond acceptors (Lipinski definition) is 4. The molecule has 12 heavy (non-hydrogen) atoms. The van der Waals surface area contributed by atoms with Gasteiger partial charge in [-0.2, -0.15) is 0 Å². The third kappa shape index (κ3) is 0.971. The maximum absolute atomic E-state index is 10.7. The first-order valence-electron chi connectivity index (χ1n) is 3.98. The fourth-order valence-electron chi connectivity index (χ4n) is 1.89. The third-order valence-electron chi connectivity index (χ3n) is 2.55. The molecule has 3 N–H and O–H groups in total. The van der Waals surface area contributed by atoms with E-state index in [1.807, 2.05) is 0 Å². The van der Waals surface area contributed by atoms with Crippen molar-refractivity contribution in [1.29, 1.82) is 0 Å². The first kappa shape index (κ1) is 7.82. The topological polar surface area (TPSA) is 78.8 Å². The van der Waals surface area contributed by atoms with Crippen LogP contribution >= 0.6 is 0 Å². The Balaban J connectivity index is 2.08. The van der Waals surface area contributed by atoms with Crippen LogP contribution in [-0.2, 0) is 4.74 Å². The summed E-state index contributed by atoms with van der Waals surface area (Å²) >= 11 is 0. The summed E-state index contributed by atoms with van der Waals surface area (Å²) in [5, 5.41) is 20.9. The first-order chi connectivity index (χ1) is 5.72. The zero-order chi connectivity index (χ0) is 8.72. The average Bonchev–Trinajstić information content (AvgIpc) is 2.51. The molecular formula is C7H11NO4. The van der Waals surface area contributed by atoms with Gasteiger partial charge in [-0.1, -0.05) is 0 Å². The minimum atomic E-state index is -0.723. The molecular weight excluding hydrogens is 162 g/mol. The Labute approximate surface area is 69.3 Å². The standard InChI is InChI=1S/C7H11NO4/c9-2-3-1-4-6(5(3)10)12-7(11)8-4/h3-6,9-10H,1-2H2,(H,8,11)/t3?,4-,5-,6-/m1/s1. The molecule has 2 fully saturated rings. The number of carbonyl (C=O) groups is 1. The Hall–Kier alpha value is -0.810. The molecule has 0 spiro atoms. The molecule has 0 aromatic rings. The summed E-state index contributed by atoms with van der Waals surface area (Å²) in [6.45, 7) is -0.0621. The van der Waals surface area contributed by atoms with Gasteiger partial charge in [0.25, 0.3) is 0 Å². The van der Waals surface area contributed by atoms with Crippen molar-refractivity contribution in [3.63, 3.8) is 0 Å². The number of aliphatic hydroxyl groups excluding tert-OH is 2. The van der Waals surface area contributed by atoms with Crippen LogP contribution < -0.4 is 5.32 Å². The van der Waals surface area contributed by atoms with Crippen LogP contribution in [0, 0.1) is 5.92 Å². The minimum absolute atomic E-state index is 0.0621. The average molecular weight is 173 g/mol. The van der Waals surface area contributed by atoms with Gasteiger partial charge in [0.05, 0.1) is 12.1 Å². The van der Waals surface area contributed by atoms with Crippen molar-refractivity contribution < 1.29 is 19.7 Å². The van der Waals surface area contributed by atoms with Crippen molar-refractivity contribution in [2.24, 2.45) is 5.92 Å². The second-order valence-corrected chi connectivity index (χ2v) is 3.29. The minimum Gasteiger partial charge on any atom is -0.441 e. The van der Waals surface area contributed by atoms with Crippen molar-refractivity contribution in [3.8, 4) is 0 Å². The summed E-state index contributed by atoms with van der Waals surface area (Å²) < 4.78 is 4.82. The molecule has 1 aliphatic heterocycles. The molecule has 1 aliphatic carbocycles. The lowest BCUT2D eigenvalue weighted by molar-refractivity contribution is 0.00772. The first-order valence-corrected chi connectivity index (χ1v) is 3.98. The van der Waals surface area contributed by atoms with Crippen LogP contribution in [0.3, 0.4) is 0 Å². The fraction of sp³-hybridized carbons (Fsp3) is 0.857. The lowest BCUT2D eigenvalue weighted by Crippen LogP contribution is -2.31. The predicted molar refractivity (Wildman–Crippen MR) is 38.4 cm³/mol. The van der Waals surface area contributed by atoms with Gasteiger partial charge in [0.2, 0.25) is 0 Å². The van der Waals surface area contributed by atoms with Gasteiger partial charge in [-0.05, 0) is 6.42 Å². The molecule has 0 radical (unpaired) electrons. The van der Waals surface area contributed by atoms with E-state index >= 15 is 0 Å². The molecule has 1 heterocycles. The zero-order valence-corrected chi connectivity index (χ0v) is 6.43. The molecule has 2 rings (SSSR count). The Morgan fingerprint density at radius 1 is 1.67 bits per heavy atom. The second-order valence-electron chi connectivity index (χ2n) is 3.29. The van der Waals surface area contributed by atoms with E-state index in [0.717, 1.165) is 0 Å². The van der Waals surface area contributed by atoms with E-state index in [4.69, 9.17) is 9.84 Å². The number of aliphatic hydroxyl groups is 2. The Kier molecular flexibility index (Phi) is 1.69. The highest BCUT2D eigenvalue weighted by Crippen LogP contribution is 2.31. The highest BCUT2D eigenvalue weighted by atomic mass is 16.6. The van der Waals surface area contributed by atoms with Crippen LogP contribution in [0.1, 0.15) is 6.42 Å². The number of carbonyl (C=O) groups excluding carboxylic acids is 1. The molecule has 2 aliphatic rings. The molecule has 5 nitrogen and oxygen atoms in total. The largest absolute Gasteiger partial charge is 0.441 e. The second kappa shape index (κ2) is 2.60. The van der Waals surface area contributed by atoms with Gasteiger partial charge in [-0.3, -0.25) is 0 Å². The smallest absolute Gasteiger partial charge is 0.407 e. The van der Waals surface area contributed by atoms with Crippen LogP contribution in [-0.4, -0.2) is 41.2 Å². The van der Waals surface area contributed by atoms with Crippen molar-refractivity contribution in [2.75, 3.05) is 6.61 Å². The molecule has 1 amide bonds. The molecule has 4 atom stereocenters. The summed E-state index contributed by atoms with van der Waals surface area (Å²) in [6, 6.07) is -0.121. The summed E-state index contributed by atoms with van der Waals surface area (Å²) in [6.07, 6.45) is -1.07. The van der Waals surface area contributed by atoms with E-state index < -0.39 is 18.3 Å². The Morgan fingerprint density at radius 3 is 3.00 bits per heavy atom. The van der Waals surface area contributed by atoms with E-state index in [2.05, 4.69) is 5.32 Å². The Bertz CT molecular complexity index is 208. The van der Waals surface area contributed by atoms with Crippen LogP contribution in [0.15, 0.2) is 0 Å². The summed E-state index contributed by atoms with van der Waals surface area (Å²) in [5.41, 5.74) is 0. The quantitative estimate of drug-likeness (QED) is 0.467. The highest BCUT2D eigenvalue weighted by molar-refractivity contribution is 5.70. The van der Waals surface area contributed by atoms with Crippen molar-refractivity contribution in [2.45, 2.75) is 24.7 Å². The number of ether oxygens (including phenoxy) is 1. The lowest BCUT2D eigenvalue weighted by atomic mass is 10.1. The maximum atomic E-state index is 10.7. The molecule has 1 unspecified atom stereocenters. The third-order valence-corrected chi connectivity index (χ3v) is 2.55. The van der Waals surface area contributed by atoms with Gasteiger partial charge < -0.3 is 20.3 Å². The number of nitrogens with one attached hydrogen (secondary N) is 1. The van der Waals surface area contributed by atoms with Crippen LogP contribution in [0.5, 0.6) is 0 Å². The lowest BCUT2D eigenvalue weighted by Gasteiger charge is -2.14. The van der Waals surface area contributed by atoms with E-state index in [-0.39, 0.29) is 18.6 Å². The number of alkyl carbamates (subject to hydrolysis) is 1. The number of rotatable bonds is 1. The van der Waals surface area contributed by atoms with Crippen molar-refractivity contribution >= 4 is 6.09 Å². The van der Waals surface area contributed by atoms with Gasteiger partial charge in [0.1, 0.15) is 6.10 Å². The van der Waals surface area contributed by atoms with E-state index in [9.17, 15) is 9.90 Å². The van der Waals surface area contributed by atoms with Gasteiger partial charge in [0.15, 0.2) is 0 Å². The summed E-state index contributed by atoms with van der Waals surface area (Å²) in [7, 11) is 0. The molecule has 5 heteroatoms. The van der Waals surface area contributed by atoms with Crippen molar-refractivity contribution in [3.05, 3.63) is 0 Å². The zero-order valence-electron chi connectivity index (χ0n) is 6.43. The predicted octanol–water partition coefficient (Wildman–Crippen LogP) is -1.16. The normalized spacial score (nSPS) is 45.3. The molecule has 0 aromatic heterocycles. The molecule has 1 saturated heterocycles. The molecule has 68 valence electrons. The maximum Gasteiger partial charge on any atom is 0.407 e. The fourth-order valence-corrected chi connectivity index (χ4v) is 1.89. The molecule has 0 bridgehead atoms. The molecule has 1 saturated carbocycles.